The minimum absolute atomic E-state index is 0. The molecule has 0 spiro atoms. The Bertz CT molecular complexity index is 1090. The molecule has 30 heavy (non-hydrogen) atoms. The number of phosphoric acid groups is 2. The number of imidazole rings is 1. The number of rotatable bonds is 6. The molecular weight excluding hydrogens is 463 g/mol. The van der Waals surface area contributed by atoms with Gasteiger partial charge in [0.2, 0.25) is 11.7 Å². The number of nitrogen functional groups attached to an aromatic ring is 1. The number of anilines is 1. The van der Waals surface area contributed by atoms with Crippen molar-refractivity contribution < 1.29 is 81.7 Å². The van der Waals surface area contributed by atoms with Crippen LogP contribution >= 0.6 is 15.6 Å². The Morgan fingerprint density at radius 1 is 1.40 bits per heavy atom. The van der Waals surface area contributed by atoms with Crippen LogP contribution in [0, 0.1) is 0 Å². The first-order valence-corrected chi connectivity index (χ1v) is 10.7. The maximum Gasteiger partial charge on any atom is 1.00 e. The van der Waals surface area contributed by atoms with Gasteiger partial charge in [-0.3, -0.25) is 23.5 Å². The van der Waals surface area contributed by atoms with E-state index >= 15 is 0 Å². The number of aryl methyl sites for hydroxylation is 1. The summed E-state index contributed by atoms with van der Waals surface area (Å²) in [6.45, 7) is -0.947. The van der Waals surface area contributed by atoms with Gasteiger partial charge in [-0.1, -0.05) is 4.98 Å². The van der Waals surface area contributed by atoms with Crippen molar-refractivity contribution in [1.82, 2.24) is 14.5 Å². The van der Waals surface area contributed by atoms with E-state index in [0.717, 1.165) is 0 Å². The molecule has 3 rings (SSSR count). The number of hydrogen-bond donors (Lipinski definition) is 5. The number of hydrogen-bond acceptors (Lipinski definition) is 12. The molecule has 2 unspecified atom stereocenters. The standard InChI is InChI=1S/C11H17N5O11P2.Na/c1-15-3-16(8-5(15)9(19)14-11(12)13-8)10-7(18)6(17)4(26-10)2-25-29(23,24)27-28(20,21)22;/h3-4,6-7,10,17-18H,2H2,1H3,(H5-,12,13,14,19,20,21,22,23,24);/q;+1/p-1/t4-,6-,7-,10-;/m1./s1. The van der Waals surface area contributed by atoms with Crippen molar-refractivity contribution in [2.75, 3.05) is 12.3 Å². The van der Waals surface area contributed by atoms with Crippen molar-refractivity contribution in [1.29, 1.82) is 0 Å². The fourth-order valence-corrected chi connectivity index (χ4v) is 4.40. The maximum atomic E-state index is 12.1. The van der Waals surface area contributed by atoms with Crippen LogP contribution in [0.3, 0.4) is 0 Å². The quantitative estimate of drug-likeness (QED) is 0.147. The first-order valence-electron chi connectivity index (χ1n) is 7.77. The van der Waals surface area contributed by atoms with Crippen LogP contribution in [0.2, 0.25) is 0 Å². The Hall–Kier alpha value is -0.710. The van der Waals surface area contributed by atoms with Crippen molar-refractivity contribution in [2.45, 2.75) is 24.5 Å². The van der Waals surface area contributed by atoms with E-state index in [1.165, 1.54) is 22.5 Å². The van der Waals surface area contributed by atoms with Gasteiger partial charge in [-0.05, 0) is 0 Å². The predicted molar refractivity (Wildman–Crippen MR) is 86.3 cm³/mol. The number of nitrogens with two attached hydrogens (primary N) is 1. The zero-order chi connectivity index (χ0) is 21.7. The smallest absolute Gasteiger partial charge is 0.756 e. The van der Waals surface area contributed by atoms with E-state index in [-0.39, 0.29) is 46.7 Å². The van der Waals surface area contributed by atoms with Gasteiger partial charge in [0.05, 0.1) is 13.7 Å². The molecule has 0 aromatic carbocycles. The van der Waals surface area contributed by atoms with E-state index in [1.54, 1.807) is 0 Å². The molecule has 6 atom stereocenters. The van der Waals surface area contributed by atoms with E-state index < -0.39 is 52.4 Å². The maximum absolute atomic E-state index is 12.1. The number of aliphatic hydroxyl groups is 2. The van der Waals surface area contributed by atoms with E-state index in [4.69, 9.17) is 15.4 Å². The van der Waals surface area contributed by atoms with Gasteiger partial charge < -0.3 is 39.9 Å². The molecule has 3 heterocycles. The normalized spacial score (nSPS) is 28.1. The summed E-state index contributed by atoms with van der Waals surface area (Å²) in [6.07, 6.45) is -4.73. The molecule has 0 saturated carbocycles. The summed E-state index contributed by atoms with van der Waals surface area (Å²) in [6, 6.07) is 0. The van der Waals surface area contributed by atoms with Crippen molar-refractivity contribution in [2.24, 2.45) is 7.05 Å². The van der Waals surface area contributed by atoms with E-state index in [1.807, 2.05) is 0 Å². The molecule has 1 fully saturated rings. The van der Waals surface area contributed by atoms with Gasteiger partial charge in [0, 0.05) is 0 Å². The first-order chi connectivity index (χ1) is 13.3. The van der Waals surface area contributed by atoms with Gasteiger partial charge in [-0.25, -0.2) is 8.88 Å². The number of aromatic nitrogens is 4. The average Bonchev–Trinajstić information content (AvgIpc) is 3.01. The molecule has 19 heteroatoms. The summed E-state index contributed by atoms with van der Waals surface area (Å²) < 4.78 is 37.5. The molecule has 2 aromatic heterocycles. The molecule has 1 aliphatic heterocycles. The number of nitrogens with zero attached hydrogens (tertiary/aromatic N) is 3. The third-order valence-corrected chi connectivity index (χ3v) is 6.09. The largest absolute Gasteiger partial charge is 1.00 e. The molecule has 0 radical (unpaired) electrons. The number of fused-ring (bicyclic) bond motifs is 1. The monoisotopic (exact) mass is 479 g/mol. The third kappa shape index (κ3) is 5.37. The van der Waals surface area contributed by atoms with Gasteiger partial charge in [0.15, 0.2) is 6.33 Å². The fraction of sp³-hybridized carbons (Fsp3) is 0.545. The Morgan fingerprint density at radius 2 is 2.03 bits per heavy atom. The molecular formula is C11H16N5NaO11P2. The molecule has 0 bridgehead atoms. The van der Waals surface area contributed by atoms with Crippen LogP contribution in [-0.4, -0.2) is 54.6 Å². The van der Waals surface area contributed by atoms with E-state index in [2.05, 4.69) is 18.8 Å². The van der Waals surface area contributed by atoms with Gasteiger partial charge in [0.1, 0.15) is 18.3 Å². The summed E-state index contributed by atoms with van der Waals surface area (Å²) in [5, 5.41) is 20.4. The molecule has 1 saturated heterocycles. The van der Waals surface area contributed by atoms with Crippen LogP contribution in [0.5, 0.6) is 0 Å². The Morgan fingerprint density at radius 3 is 2.63 bits per heavy atom. The van der Waals surface area contributed by atoms with Crippen LogP contribution in [0.25, 0.3) is 11.2 Å². The fourth-order valence-electron chi connectivity index (χ4n) is 2.87. The molecule has 0 amide bonds. The topological polar surface area (TPSA) is 249 Å². The van der Waals surface area contributed by atoms with E-state index in [9.17, 15) is 33.9 Å². The van der Waals surface area contributed by atoms with Crippen LogP contribution in [0.1, 0.15) is 6.23 Å². The van der Waals surface area contributed by atoms with Gasteiger partial charge in [-0.15, -0.1) is 0 Å². The van der Waals surface area contributed by atoms with Crippen LogP contribution in [-0.2, 0) is 29.7 Å². The second kappa shape index (κ2) is 9.03. The van der Waals surface area contributed by atoms with Crippen molar-refractivity contribution in [3.05, 3.63) is 16.7 Å². The third-order valence-electron chi connectivity index (χ3n) is 4.00. The van der Waals surface area contributed by atoms with Gasteiger partial charge in [0.25, 0.3) is 27.2 Å². The Balaban J connectivity index is 0.00000320. The summed E-state index contributed by atoms with van der Waals surface area (Å²) in [5.74, 6) is -0.217. The van der Waals surface area contributed by atoms with Crippen LogP contribution in [0.15, 0.2) is 11.1 Å². The first kappa shape index (κ1) is 25.5. The van der Waals surface area contributed by atoms with E-state index in [0.29, 0.717) is 0 Å². The van der Waals surface area contributed by atoms with Crippen molar-refractivity contribution in [3.63, 3.8) is 0 Å². The molecule has 0 aliphatic carbocycles. The summed E-state index contributed by atoms with van der Waals surface area (Å²) in [4.78, 5) is 48.6. The molecule has 2 aromatic rings. The Kier molecular flexibility index (Phi) is 7.69. The van der Waals surface area contributed by atoms with Crippen LogP contribution < -0.4 is 55.2 Å². The molecule has 1 aliphatic rings. The van der Waals surface area contributed by atoms with Gasteiger partial charge >= 0.3 is 35.2 Å². The van der Waals surface area contributed by atoms with Gasteiger partial charge in [-0.2, -0.15) is 0 Å². The SMILES string of the molecule is Cn1c[n+]([C@@H]2O[C@H](COP(=O)([O-])OP(=O)([O-])O)[C@@H](O)[C@H]2O)c2nc(N)[nH]c(=O)c21.[Na+]. The summed E-state index contributed by atoms with van der Waals surface area (Å²) in [5.41, 5.74) is 5.04. The second-order valence-corrected chi connectivity index (χ2v) is 8.84. The van der Waals surface area contributed by atoms with Crippen LogP contribution in [0.4, 0.5) is 5.95 Å². The predicted octanol–water partition coefficient (Wildman–Crippen LogP) is -7.28. The zero-order valence-electron chi connectivity index (χ0n) is 15.5. The minimum atomic E-state index is -5.63. The average molecular weight is 479 g/mol. The summed E-state index contributed by atoms with van der Waals surface area (Å²) >= 11 is 0. The minimum Gasteiger partial charge on any atom is -0.756 e. The molecule has 16 nitrogen and oxygen atoms in total. The Labute approximate surface area is 189 Å². The number of aromatic amines is 1. The van der Waals surface area contributed by atoms with Crippen molar-refractivity contribution in [3.8, 4) is 0 Å². The van der Waals surface area contributed by atoms with Crippen molar-refractivity contribution >= 4 is 32.8 Å². The number of nitrogens with one attached hydrogen (secondary N) is 1. The summed E-state index contributed by atoms with van der Waals surface area (Å²) in [7, 11) is -9.61. The molecule has 162 valence electrons. The number of phosphoric ester groups is 1. The number of H-pyrrole nitrogens is 1. The second-order valence-electron chi connectivity index (χ2n) is 6.10. The zero-order valence-corrected chi connectivity index (χ0v) is 19.3. The number of aliphatic hydroxyl groups excluding tert-OH is 2. The molecule has 6 N–H and O–H groups in total. The number of ether oxygens (including phenoxy) is 1.